The van der Waals surface area contributed by atoms with Gasteiger partial charge in [0.1, 0.15) is 0 Å². The third-order valence-corrected chi connectivity index (χ3v) is 3.53. The van der Waals surface area contributed by atoms with E-state index < -0.39 is 6.10 Å². The van der Waals surface area contributed by atoms with Crippen molar-refractivity contribution in [2.24, 2.45) is 0 Å². The van der Waals surface area contributed by atoms with E-state index in [2.05, 4.69) is 6.92 Å². The molecule has 1 rings (SSSR count). The van der Waals surface area contributed by atoms with E-state index in [1.165, 1.54) is 25.7 Å². The van der Waals surface area contributed by atoms with Crippen molar-refractivity contribution in [2.45, 2.75) is 65.4 Å². The van der Waals surface area contributed by atoms with E-state index in [9.17, 15) is 5.11 Å². The minimum Gasteiger partial charge on any atom is -0.490 e. The van der Waals surface area contributed by atoms with Crippen LogP contribution in [0.15, 0.2) is 18.2 Å². The Morgan fingerprint density at radius 3 is 2.24 bits per heavy atom. The zero-order chi connectivity index (χ0) is 15.5. The zero-order valence-electron chi connectivity index (χ0n) is 13.7. The average Bonchev–Trinajstić information content (AvgIpc) is 2.49. The second-order valence-electron chi connectivity index (χ2n) is 5.29. The molecule has 0 bridgehead atoms. The molecule has 1 atom stereocenters. The van der Waals surface area contributed by atoms with Crippen molar-refractivity contribution in [3.05, 3.63) is 23.8 Å². The molecule has 21 heavy (non-hydrogen) atoms. The fraction of sp³-hybridized carbons (Fsp3) is 0.667. The molecule has 0 radical (unpaired) electrons. The minimum atomic E-state index is -0.415. The Bertz CT molecular complexity index is 390. The van der Waals surface area contributed by atoms with Crippen molar-refractivity contribution in [2.75, 3.05) is 13.2 Å². The molecule has 1 N–H and O–H groups in total. The molecule has 0 saturated carbocycles. The van der Waals surface area contributed by atoms with Gasteiger partial charge in [0.25, 0.3) is 0 Å². The smallest absolute Gasteiger partial charge is 0.161 e. The Morgan fingerprint density at radius 1 is 0.905 bits per heavy atom. The third kappa shape index (κ3) is 6.38. The monoisotopic (exact) mass is 294 g/mol. The van der Waals surface area contributed by atoms with Gasteiger partial charge < -0.3 is 14.6 Å². The summed E-state index contributed by atoms with van der Waals surface area (Å²) in [5, 5.41) is 10.3. The average molecular weight is 294 g/mol. The number of aliphatic hydroxyl groups excluding tert-OH is 1. The van der Waals surface area contributed by atoms with Gasteiger partial charge in [-0.2, -0.15) is 0 Å². The van der Waals surface area contributed by atoms with Crippen LogP contribution in [-0.2, 0) is 0 Å². The van der Waals surface area contributed by atoms with Gasteiger partial charge in [-0.25, -0.2) is 0 Å². The first-order chi connectivity index (χ1) is 10.2. The number of hydrogen-bond donors (Lipinski definition) is 1. The van der Waals surface area contributed by atoms with Crippen LogP contribution < -0.4 is 9.47 Å². The maximum atomic E-state index is 10.3. The molecule has 0 aliphatic rings. The quantitative estimate of drug-likeness (QED) is 0.591. The summed E-state index contributed by atoms with van der Waals surface area (Å²) in [6.45, 7) is 7.32. The summed E-state index contributed by atoms with van der Waals surface area (Å²) in [5.74, 6) is 1.47. The van der Waals surface area contributed by atoms with Crippen molar-refractivity contribution < 1.29 is 14.6 Å². The molecule has 0 aliphatic carbocycles. The molecule has 0 spiro atoms. The van der Waals surface area contributed by atoms with Crippen molar-refractivity contribution >= 4 is 0 Å². The molecule has 3 heteroatoms. The van der Waals surface area contributed by atoms with Crippen LogP contribution in [0.5, 0.6) is 11.5 Å². The Labute approximate surface area is 129 Å². The van der Waals surface area contributed by atoms with E-state index in [1.54, 1.807) is 0 Å². The number of aliphatic hydroxyl groups is 1. The Kier molecular flexibility index (Phi) is 8.91. The van der Waals surface area contributed by atoms with Gasteiger partial charge in [0.2, 0.25) is 0 Å². The first kappa shape index (κ1) is 17.8. The largest absolute Gasteiger partial charge is 0.490 e. The maximum Gasteiger partial charge on any atom is 0.161 e. The lowest BCUT2D eigenvalue weighted by molar-refractivity contribution is 0.162. The van der Waals surface area contributed by atoms with Gasteiger partial charge in [-0.05, 0) is 38.0 Å². The molecular weight excluding hydrogens is 264 g/mol. The number of benzene rings is 1. The number of ether oxygens (including phenoxy) is 2. The highest BCUT2D eigenvalue weighted by Gasteiger charge is 2.12. The van der Waals surface area contributed by atoms with Crippen molar-refractivity contribution in [3.63, 3.8) is 0 Å². The Morgan fingerprint density at radius 2 is 1.57 bits per heavy atom. The summed E-state index contributed by atoms with van der Waals surface area (Å²) in [6, 6.07) is 5.74. The van der Waals surface area contributed by atoms with Crippen LogP contribution in [0.4, 0.5) is 0 Å². The van der Waals surface area contributed by atoms with Gasteiger partial charge in [-0.3, -0.25) is 0 Å². The van der Waals surface area contributed by atoms with Crippen LogP contribution in [0.2, 0.25) is 0 Å². The van der Waals surface area contributed by atoms with Crippen LogP contribution in [0.25, 0.3) is 0 Å². The normalized spacial score (nSPS) is 12.2. The van der Waals surface area contributed by atoms with Crippen molar-refractivity contribution in [1.82, 2.24) is 0 Å². The van der Waals surface area contributed by atoms with Crippen LogP contribution >= 0.6 is 0 Å². The molecule has 0 saturated heterocycles. The third-order valence-electron chi connectivity index (χ3n) is 3.53. The first-order valence-electron chi connectivity index (χ1n) is 8.30. The molecule has 3 nitrogen and oxygen atoms in total. The second kappa shape index (κ2) is 10.5. The summed E-state index contributed by atoms with van der Waals surface area (Å²) >= 11 is 0. The highest BCUT2D eigenvalue weighted by Crippen LogP contribution is 2.32. The van der Waals surface area contributed by atoms with E-state index in [1.807, 2.05) is 32.0 Å². The lowest BCUT2D eigenvalue weighted by atomic mass is 10.0. The molecule has 120 valence electrons. The van der Waals surface area contributed by atoms with Gasteiger partial charge >= 0.3 is 0 Å². The van der Waals surface area contributed by atoms with Gasteiger partial charge in [-0.1, -0.05) is 45.1 Å². The maximum absolute atomic E-state index is 10.3. The van der Waals surface area contributed by atoms with Crippen LogP contribution in [0.1, 0.15) is 71.0 Å². The minimum absolute atomic E-state index is 0.415. The molecule has 0 amide bonds. The summed E-state index contributed by atoms with van der Waals surface area (Å²) in [6.07, 6.45) is 6.45. The second-order valence-corrected chi connectivity index (χ2v) is 5.29. The van der Waals surface area contributed by atoms with Crippen molar-refractivity contribution in [1.29, 1.82) is 0 Å². The Balaban J connectivity index is 2.58. The van der Waals surface area contributed by atoms with Crippen molar-refractivity contribution in [3.8, 4) is 11.5 Å². The predicted molar refractivity (Wildman–Crippen MR) is 87.1 cm³/mol. The van der Waals surface area contributed by atoms with E-state index in [-0.39, 0.29) is 0 Å². The molecule has 1 aromatic rings. The molecule has 0 aliphatic heterocycles. The van der Waals surface area contributed by atoms with Crippen LogP contribution in [-0.4, -0.2) is 18.3 Å². The van der Waals surface area contributed by atoms with Gasteiger partial charge in [0, 0.05) is 0 Å². The standard InChI is InChI=1S/C18H30O3/c1-4-7-8-9-10-11-16(19)15-12-13-17(20-5-2)18(14-15)21-6-3/h12-14,16,19H,4-11H2,1-3H3. The number of rotatable bonds is 11. The lowest BCUT2D eigenvalue weighted by Gasteiger charge is -2.15. The first-order valence-corrected chi connectivity index (χ1v) is 8.30. The summed E-state index contributed by atoms with van der Waals surface area (Å²) in [4.78, 5) is 0. The highest BCUT2D eigenvalue weighted by atomic mass is 16.5. The fourth-order valence-corrected chi connectivity index (χ4v) is 2.38. The van der Waals surface area contributed by atoms with Crippen LogP contribution in [0, 0.1) is 0 Å². The predicted octanol–water partition coefficient (Wildman–Crippen LogP) is 4.88. The van der Waals surface area contributed by atoms with Gasteiger partial charge in [-0.15, -0.1) is 0 Å². The molecule has 1 aromatic carbocycles. The molecule has 1 unspecified atom stereocenters. The number of hydrogen-bond acceptors (Lipinski definition) is 3. The van der Waals surface area contributed by atoms with E-state index in [0.717, 1.165) is 29.9 Å². The summed E-state index contributed by atoms with van der Waals surface area (Å²) < 4.78 is 11.1. The zero-order valence-corrected chi connectivity index (χ0v) is 13.7. The van der Waals surface area contributed by atoms with Crippen LogP contribution in [0.3, 0.4) is 0 Å². The summed E-state index contributed by atoms with van der Waals surface area (Å²) in [5.41, 5.74) is 0.914. The molecule has 0 aromatic heterocycles. The topological polar surface area (TPSA) is 38.7 Å². The van der Waals surface area contributed by atoms with E-state index in [0.29, 0.717) is 13.2 Å². The van der Waals surface area contributed by atoms with E-state index >= 15 is 0 Å². The van der Waals surface area contributed by atoms with Gasteiger partial charge in [0.05, 0.1) is 19.3 Å². The Hall–Kier alpha value is -1.22. The van der Waals surface area contributed by atoms with E-state index in [4.69, 9.17) is 9.47 Å². The summed E-state index contributed by atoms with van der Waals surface area (Å²) in [7, 11) is 0. The SMILES string of the molecule is CCCCCCCC(O)c1ccc(OCC)c(OCC)c1. The highest BCUT2D eigenvalue weighted by molar-refractivity contribution is 5.43. The molecular formula is C18H30O3. The number of unbranched alkanes of at least 4 members (excludes halogenated alkanes) is 4. The molecule has 0 fully saturated rings. The molecule has 0 heterocycles. The fourth-order valence-electron chi connectivity index (χ4n) is 2.38. The van der Waals surface area contributed by atoms with Gasteiger partial charge in [0.15, 0.2) is 11.5 Å². The lowest BCUT2D eigenvalue weighted by Crippen LogP contribution is -2.02.